The summed E-state index contributed by atoms with van der Waals surface area (Å²) >= 11 is 0. The lowest BCUT2D eigenvalue weighted by Gasteiger charge is -2.39. The maximum Gasteiger partial charge on any atom is 0.429 e. The quantitative estimate of drug-likeness (QED) is 0.525. The van der Waals surface area contributed by atoms with Crippen molar-refractivity contribution in [1.29, 1.82) is 0 Å². The molecular formula is C14H16F6OSi. The average molecular weight is 342 g/mol. The zero-order chi connectivity index (χ0) is 17.2. The number of hydrogen-bond donors (Lipinski definition) is 0. The van der Waals surface area contributed by atoms with Crippen LogP contribution in [0.15, 0.2) is 36.4 Å². The molecule has 0 amide bonds. The Bertz CT molecular complexity index is 499. The summed E-state index contributed by atoms with van der Waals surface area (Å²) in [6, 6.07) is 7.45. The molecule has 8 heteroatoms. The zero-order valence-corrected chi connectivity index (χ0v) is 13.2. The molecule has 0 saturated heterocycles. The van der Waals surface area contributed by atoms with Crippen molar-refractivity contribution < 1.29 is 30.8 Å². The molecule has 0 aliphatic carbocycles. The van der Waals surface area contributed by atoms with Gasteiger partial charge in [-0.05, 0) is 31.3 Å². The molecule has 0 aliphatic rings. The van der Waals surface area contributed by atoms with Crippen LogP contribution in [-0.4, -0.2) is 26.3 Å². The van der Waals surface area contributed by atoms with E-state index in [1.807, 2.05) is 0 Å². The van der Waals surface area contributed by atoms with Crippen molar-refractivity contribution in [2.75, 3.05) is 0 Å². The van der Waals surface area contributed by atoms with Crippen LogP contribution in [0, 0.1) is 0 Å². The van der Waals surface area contributed by atoms with Gasteiger partial charge < -0.3 is 4.43 Å². The topological polar surface area (TPSA) is 9.23 Å². The minimum absolute atomic E-state index is 0.0561. The Labute approximate surface area is 125 Å². The molecule has 0 unspecified atom stereocenters. The van der Waals surface area contributed by atoms with Gasteiger partial charge in [-0.2, -0.15) is 26.3 Å². The Morgan fingerprint density at radius 1 is 0.864 bits per heavy atom. The summed E-state index contributed by atoms with van der Waals surface area (Å²) in [5.74, 6) is 0. The smallest absolute Gasteiger partial charge is 0.394 e. The fourth-order valence-corrected chi connectivity index (χ4v) is 3.03. The predicted octanol–water partition coefficient (Wildman–Crippen LogP) is 5.41. The van der Waals surface area contributed by atoms with Crippen molar-refractivity contribution in [3.63, 3.8) is 0 Å². The van der Waals surface area contributed by atoms with Crippen LogP contribution in [0.5, 0.6) is 0 Å². The molecule has 0 aliphatic heterocycles. The van der Waals surface area contributed by atoms with E-state index in [9.17, 15) is 26.3 Å². The molecule has 1 aromatic carbocycles. The summed E-state index contributed by atoms with van der Waals surface area (Å²) in [5, 5.41) is 0. The Hall–Kier alpha value is -1.28. The zero-order valence-electron chi connectivity index (χ0n) is 12.2. The minimum atomic E-state index is -5.61. The van der Waals surface area contributed by atoms with Crippen molar-refractivity contribution in [2.24, 2.45) is 0 Å². The molecule has 0 bridgehead atoms. The van der Waals surface area contributed by atoms with Gasteiger partial charge in [-0.15, -0.1) is 0 Å². The SMILES string of the molecule is C[Si](C)(C)OC(/C=C/c1ccccc1)(C(F)(F)F)C(F)(F)F. The molecule has 0 heterocycles. The summed E-state index contributed by atoms with van der Waals surface area (Å²) in [7, 11) is -3.14. The lowest BCUT2D eigenvalue weighted by molar-refractivity contribution is -0.340. The van der Waals surface area contributed by atoms with E-state index in [0.717, 1.165) is 6.08 Å². The normalized spacial score (nSPS) is 14.6. The molecule has 0 aromatic heterocycles. The first-order valence-corrected chi connectivity index (χ1v) is 9.77. The molecular weight excluding hydrogens is 326 g/mol. The Kier molecular flexibility index (Phi) is 5.18. The van der Waals surface area contributed by atoms with Gasteiger partial charge in [-0.1, -0.05) is 36.4 Å². The fourth-order valence-electron chi connectivity index (χ4n) is 1.76. The van der Waals surface area contributed by atoms with E-state index >= 15 is 0 Å². The van der Waals surface area contributed by atoms with Crippen LogP contribution in [0.1, 0.15) is 5.56 Å². The third-order valence-corrected chi connectivity index (χ3v) is 3.55. The first-order chi connectivity index (χ1) is 9.79. The van der Waals surface area contributed by atoms with E-state index in [-0.39, 0.29) is 11.6 Å². The monoisotopic (exact) mass is 342 g/mol. The highest BCUT2D eigenvalue weighted by molar-refractivity contribution is 6.69. The van der Waals surface area contributed by atoms with Gasteiger partial charge in [-0.3, -0.25) is 0 Å². The summed E-state index contributed by atoms with van der Waals surface area (Å²) in [5.41, 5.74) is -4.08. The summed E-state index contributed by atoms with van der Waals surface area (Å²) in [6.07, 6.45) is -10.4. The molecule has 1 aromatic rings. The van der Waals surface area contributed by atoms with Crippen LogP contribution < -0.4 is 0 Å². The van der Waals surface area contributed by atoms with Gasteiger partial charge in [0, 0.05) is 0 Å². The average Bonchev–Trinajstić information content (AvgIpc) is 2.31. The number of hydrogen-bond acceptors (Lipinski definition) is 1. The largest absolute Gasteiger partial charge is 0.429 e. The second-order valence-corrected chi connectivity index (χ2v) is 10.1. The van der Waals surface area contributed by atoms with Crippen molar-refractivity contribution in [3.05, 3.63) is 42.0 Å². The van der Waals surface area contributed by atoms with Crippen LogP contribution >= 0.6 is 0 Å². The van der Waals surface area contributed by atoms with E-state index in [0.29, 0.717) is 0 Å². The van der Waals surface area contributed by atoms with Gasteiger partial charge in [0.05, 0.1) is 0 Å². The first kappa shape index (κ1) is 18.8. The van der Waals surface area contributed by atoms with Gasteiger partial charge in [0.1, 0.15) is 0 Å². The number of alkyl halides is 6. The highest BCUT2D eigenvalue weighted by Gasteiger charge is 2.71. The molecule has 0 fully saturated rings. The van der Waals surface area contributed by atoms with Crippen molar-refractivity contribution in [2.45, 2.75) is 37.6 Å². The highest BCUT2D eigenvalue weighted by atomic mass is 28.4. The van der Waals surface area contributed by atoms with E-state index in [1.54, 1.807) is 6.07 Å². The van der Waals surface area contributed by atoms with Crippen molar-refractivity contribution >= 4 is 14.4 Å². The molecule has 0 atom stereocenters. The number of rotatable bonds is 4. The molecule has 124 valence electrons. The van der Waals surface area contributed by atoms with Crippen LogP contribution in [0.3, 0.4) is 0 Å². The molecule has 1 rings (SSSR count). The van der Waals surface area contributed by atoms with E-state index in [1.165, 1.54) is 43.9 Å². The number of halogens is 6. The summed E-state index contributed by atoms with van der Waals surface area (Å²) in [6.45, 7) is 3.82. The molecule has 22 heavy (non-hydrogen) atoms. The van der Waals surface area contributed by atoms with E-state index in [2.05, 4.69) is 4.43 Å². The highest BCUT2D eigenvalue weighted by Crippen LogP contribution is 2.48. The van der Waals surface area contributed by atoms with E-state index < -0.39 is 26.3 Å². The van der Waals surface area contributed by atoms with Gasteiger partial charge in [-0.25, -0.2) is 0 Å². The Morgan fingerprint density at radius 2 is 1.32 bits per heavy atom. The van der Waals surface area contributed by atoms with Crippen LogP contribution in [0.4, 0.5) is 26.3 Å². The van der Waals surface area contributed by atoms with Crippen LogP contribution in [0.2, 0.25) is 19.6 Å². The first-order valence-electron chi connectivity index (χ1n) is 6.36. The standard InChI is InChI=1S/C14H16F6OSi/c1-22(2,3)21-12(13(15,16)17,14(18,19)20)10-9-11-7-5-4-6-8-11/h4-10H,1-3H3/b10-9+. The summed E-state index contributed by atoms with van der Waals surface area (Å²) in [4.78, 5) is 0. The Balaban J connectivity index is 3.40. The van der Waals surface area contributed by atoms with Gasteiger partial charge >= 0.3 is 12.4 Å². The van der Waals surface area contributed by atoms with Crippen LogP contribution in [0.25, 0.3) is 6.08 Å². The fraction of sp³-hybridized carbons (Fsp3) is 0.429. The predicted molar refractivity (Wildman–Crippen MR) is 74.7 cm³/mol. The summed E-state index contributed by atoms with van der Waals surface area (Å²) < 4.78 is 84.0. The third-order valence-electron chi connectivity index (χ3n) is 2.62. The van der Waals surface area contributed by atoms with Crippen molar-refractivity contribution in [1.82, 2.24) is 0 Å². The van der Waals surface area contributed by atoms with Crippen molar-refractivity contribution in [3.8, 4) is 0 Å². The lowest BCUT2D eigenvalue weighted by atomic mass is 10.0. The van der Waals surface area contributed by atoms with E-state index in [4.69, 9.17) is 0 Å². The molecule has 1 nitrogen and oxygen atoms in total. The molecule has 0 spiro atoms. The Morgan fingerprint density at radius 3 is 1.68 bits per heavy atom. The van der Waals surface area contributed by atoms with Gasteiger partial charge in [0.15, 0.2) is 8.32 Å². The maximum atomic E-state index is 13.2. The maximum absolute atomic E-state index is 13.2. The molecule has 0 radical (unpaired) electrons. The second kappa shape index (κ2) is 6.08. The van der Waals surface area contributed by atoms with Gasteiger partial charge in [0.25, 0.3) is 5.60 Å². The molecule has 0 saturated carbocycles. The molecule has 0 N–H and O–H groups in total. The third kappa shape index (κ3) is 4.36. The number of benzene rings is 1. The lowest BCUT2D eigenvalue weighted by Crippen LogP contribution is -2.61. The second-order valence-electron chi connectivity index (χ2n) is 5.69. The van der Waals surface area contributed by atoms with Crippen LogP contribution in [-0.2, 0) is 4.43 Å². The minimum Gasteiger partial charge on any atom is -0.394 e. The van der Waals surface area contributed by atoms with Gasteiger partial charge in [0.2, 0.25) is 0 Å².